The van der Waals surface area contributed by atoms with Crippen molar-refractivity contribution in [3.8, 4) is 0 Å². The van der Waals surface area contributed by atoms with Crippen molar-refractivity contribution in [1.82, 2.24) is 5.32 Å². The van der Waals surface area contributed by atoms with Gasteiger partial charge in [0.1, 0.15) is 0 Å². The molecule has 0 aromatic heterocycles. The smallest absolute Gasteiger partial charge is 0.225 e. The zero-order chi connectivity index (χ0) is 13.7. The second-order valence-electron chi connectivity index (χ2n) is 4.82. The highest BCUT2D eigenvalue weighted by Crippen LogP contribution is 2.25. The van der Waals surface area contributed by atoms with E-state index in [0.717, 1.165) is 21.3 Å². The Morgan fingerprint density at radius 3 is 2.33 bits per heavy atom. The fourth-order valence-electron chi connectivity index (χ4n) is 1.78. The molecule has 0 bridgehead atoms. The lowest BCUT2D eigenvalue weighted by Gasteiger charge is -2.13. The van der Waals surface area contributed by atoms with Crippen LogP contribution in [0.1, 0.15) is 31.4 Å². The normalized spacial score (nSPS) is 10.8. The molecule has 3 nitrogen and oxygen atoms in total. The van der Waals surface area contributed by atoms with Gasteiger partial charge in [-0.15, -0.1) is 0 Å². The summed E-state index contributed by atoms with van der Waals surface area (Å²) in [6.45, 7) is 8.85. The van der Waals surface area contributed by atoms with Crippen LogP contribution in [0.15, 0.2) is 16.6 Å². The van der Waals surface area contributed by atoms with Crippen molar-refractivity contribution >= 4 is 27.5 Å². The summed E-state index contributed by atoms with van der Waals surface area (Å²) in [5.74, 6) is 0.0525. The number of carbonyl (C=O) groups excluding carboxylic acids is 1. The average Bonchev–Trinajstić information content (AvgIpc) is 2.22. The molecule has 2 N–H and O–H groups in total. The molecule has 0 aliphatic rings. The van der Waals surface area contributed by atoms with Gasteiger partial charge in [0.25, 0.3) is 0 Å². The monoisotopic (exact) mass is 312 g/mol. The topological polar surface area (TPSA) is 41.1 Å². The third kappa shape index (κ3) is 4.78. The predicted molar refractivity (Wildman–Crippen MR) is 80.0 cm³/mol. The number of halogens is 1. The van der Waals surface area contributed by atoms with Crippen LogP contribution in [-0.2, 0) is 4.79 Å². The van der Waals surface area contributed by atoms with E-state index in [-0.39, 0.29) is 5.91 Å². The molecule has 1 amide bonds. The second kappa shape index (κ2) is 6.90. The molecule has 0 atom stereocenters. The quantitative estimate of drug-likeness (QED) is 0.875. The van der Waals surface area contributed by atoms with E-state index in [9.17, 15) is 4.79 Å². The van der Waals surface area contributed by atoms with Gasteiger partial charge in [-0.2, -0.15) is 0 Å². The van der Waals surface area contributed by atoms with E-state index in [1.165, 1.54) is 0 Å². The molecule has 4 heteroatoms. The minimum Gasteiger partial charge on any atom is -0.326 e. The van der Waals surface area contributed by atoms with Gasteiger partial charge < -0.3 is 10.6 Å². The molecule has 1 aromatic carbocycles. The Balaban J connectivity index is 2.59. The van der Waals surface area contributed by atoms with Gasteiger partial charge in [0.15, 0.2) is 0 Å². The highest BCUT2D eigenvalue weighted by Gasteiger charge is 2.08. The number of hydrogen-bond acceptors (Lipinski definition) is 2. The van der Waals surface area contributed by atoms with Crippen LogP contribution in [0.4, 0.5) is 5.69 Å². The number of nitrogens with one attached hydrogen (secondary N) is 2. The number of aryl methyl sites for hydroxylation is 2. The molecule has 0 saturated heterocycles. The average molecular weight is 313 g/mol. The number of benzene rings is 1. The third-order valence-electron chi connectivity index (χ3n) is 2.67. The molecule has 0 radical (unpaired) electrons. The summed E-state index contributed by atoms with van der Waals surface area (Å²) < 4.78 is 1.04. The molecule has 0 aliphatic carbocycles. The Hall–Kier alpha value is -0.870. The van der Waals surface area contributed by atoms with Crippen molar-refractivity contribution < 1.29 is 4.79 Å². The molecular formula is C14H21BrN2O. The summed E-state index contributed by atoms with van der Waals surface area (Å²) in [6.07, 6.45) is 0.493. The largest absolute Gasteiger partial charge is 0.326 e. The van der Waals surface area contributed by atoms with Crippen LogP contribution in [0.5, 0.6) is 0 Å². The van der Waals surface area contributed by atoms with Crippen molar-refractivity contribution in [2.45, 2.75) is 40.2 Å². The molecule has 0 unspecified atom stereocenters. The molecule has 18 heavy (non-hydrogen) atoms. The number of hydrogen-bond donors (Lipinski definition) is 2. The molecule has 0 aliphatic heterocycles. The predicted octanol–water partition coefficient (Wildman–Crippen LogP) is 3.39. The maximum Gasteiger partial charge on any atom is 0.225 e. The molecular weight excluding hydrogens is 292 g/mol. The Morgan fingerprint density at radius 1 is 1.28 bits per heavy atom. The third-order valence-corrected chi connectivity index (χ3v) is 3.12. The highest BCUT2D eigenvalue weighted by atomic mass is 79.9. The van der Waals surface area contributed by atoms with Crippen molar-refractivity contribution in [3.63, 3.8) is 0 Å². The lowest BCUT2D eigenvalue weighted by atomic mass is 10.1. The van der Waals surface area contributed by atoms with Crippen LogP contribution in [0.25, 0.3) is 0 Å². The van der Waals surface area contributed by atoms with Gasteiger partial charge in [0.05, 0.1) is 0 Å². The molecule has 0 spiro atoms. The summed E-state index contributed by atoms with van der Waals surface area (Å²) in [7, 11) is 0. The summed E-state index contributed by atoms with van der Waals surface area (Å²) >= 11 is 3.45. The van der Waals surface area contributed by atoms with Gasteiger partial charge in [0.2, 0.25) is 5.91 Å². The first kappa shape index (κ1) is 15.2. The number of amides is 1. The van der Waals surface area contributed by atoms with Crippen LogP contribution < -0.4 is 10.6 Å². The first-order chi connectivity index (χ1) is 8.40. The van der Waals surface area contributed by atoms with E-state index in [2.05, 4.69) is 40.4 Å². The summed E-state index contributed by atoms with van der Waals surface area (Å²) in [4.78, 5) is 11.8. The zero-order valence-corrected chi connectivity index (χ0v) is 13.0. The van der Waals surface area contributed by atoms with E-state index in [4.69, 9.17) is 0 Å². The molecule has 100 valence electrons. The maximum absolute atomic E-state index is 11.8. The Morgan fingerprint density at radius 2 is 1.83 bits per heavy atom. The fraction of sp³-hybridized carbons (Fsp3) is 0.500. The van der Waals surface area contributed by atoms with Gasteiger partial charge >= 0.3 is 0 Å². The summed E-state index contributed by atoms with van der Waals surface area (Å²) in [6, 6.07) is 4.43. The van der Waals surface area contributed by atoms with Crippen molar-refractivity contribution in [1.29, 1.82) is 0 Å². The SMILES string of the molecule is Cc1cc(Br)cc(C)c1NC(=O)CCNC(C)C. The molecule has 0 fully saturated rings. The van der Waals surface area contributed by atoms with Crippen LogP contribution in [0, 0.1) is 13.8 Å². The van der Waals surface area contributed by atoms with Crippen LogP contribution >= 0.6 is 15.9 Å². The maximum atomic E-state index is 11.8. The Kier molecular flexibility index (Phi) is 5.82. The molecule has 0 heterocycles. The lowest BCUT2D eigenvalue weighted by molar-refractivity contribution is -0.116. The van der Waals surface area contributed by atoms with E-state index in [1.54, 1.807) is 0 Å². The van der Waals surface area contributed by atoms with Crippen LogP contribution in [0.3, 0.4) is 0 Å². The van der Waals surface area contributed by atoms with Crippen molar-refractivity contribution in [2.24, 2.45) is 0 Å². The number of anilines is 1. The van der Waals surface area contributed by atoms with Gasteiger partial charge in [-0.25, -0.2) is 0 Å². The van der Waals surface area contributed by atoms with Crippen molar-refractivity contribution in [3.05, 3.63) is 27.7 Å². The van der Waals surface area contributed by atoms with Crippen molar-refractivity contribution in [2.75, 3.05) is 11.9 Å². The summed E-state index contributed by atoms with van der Waals surface area (Å²) in [5.41, 5.74) is 3.08. The van der Waals surface area contributed by atoms with E-state index in [1.807, 2.05) is 26.0 Å². The summed E-state index contributed by atoms with van der Waals surface area (Å²) in [5, 5.41) is 6.21. The van der Waals surface area contributed by atoms with Gasteiger partial charge in [-0.3, -0.25) is 4.79 Å². The van der Waals surface area contributed by atoms with Gasteiger partial charge in [-0.05, 0) is 37.1 Å². The molecule has 0 saturated carbocycles. The molecule has 1 rings (SSSR count). The minimum atomic E-state index is 0.0525. The Bertz CT molecular complexity index is 407. The van der Waals surface area contributed by atoms with Gasteiger partial charge in [-0.1, -0.05) is 29.8 Å². The van der Waals surface area contributed by atoms with Crippen LogP contribution in [0.2, 0.25) is 0 Å². The number of carbonyl (C=O) groups is 1. The van der Waals surface area contributed by atoms with E-state index < -0.39 is 0 Å². The van der Waals surface area contributed by atoms with E-state index in [0.29, 0.717) is 19.0 Å². The number of rotatable bonds is 5. The lowest BCUT2D eigenvalue weighted by Crippen LogP contribution is -2.27. The fourth-order valence-corrected chi connectivity index (χ4v) is 2.47. The first-order valence-electron chi connectivity index (χ1n) is 6.20. The zero-order valence-electron chi connectivity index (χ0n) is 11.4. The molecule has 1 aromatic rings. The Labute approximate surface area is 117 Å². The van der Waals surface area contributed by atoms with Gasteiger partial charge in [0, 0.05) is 29.2 Å². The standard InChI is InChI=1S/C14H21BrN2O/c1-9(2)16-6-5-13(18)17-14-10(3)7-12(15)8-11(14)4/h7-9,16H,5-6H2,1-4H3,(H,17,18). The minimum absolute atomic E-state index is 0.0525. The second-order valence-corrected chi connectivity index (χ2v) is 5.74. The van der Waals surface area contributed by atoms with Crippen LogP contribution in [-0.4, -0.2) is 18.5 Å². The highest BCUT2D eigenvalue weighted by molar-refractivity contribution is 9.10. The first-order valence-corrected chi connectivity index (χ1v) is 6.99. The van der Waals surface area contributed by atoms with E-state index >= 15 is 0 Å².